The largest absolute Gasteiger partial charge is 0.463 e. The Balaban J connectivity index is 1.57. The number of aryl methyl sites for hydroxylation is 1. The smallest absolute Gasteiger partial charge is 0.403 e. The van der Waals surface area contributed by atoms with Crippen molar-refractivity contribution in [1.82, 2.24) is 4.31 Å². The Morgan fingerprint density at radius 2 is 1.50 bits per heavy atom. The van der Waals surface area contributed by atoms with Gasteiger partial charge in [-0.05, 0) is 64.3 Å². The van der Waals surface area contributed by atoms with Crippen molar-refractivity contribution in [3.63, 3.8) is 0 Å². The number of nitrogens with zero attached hydrogens (tertiary/aromatic N) is 1. The molecule has 5 nitrogen and oxygen atoms in total. The molecule has 0 saturated carbocycles. The number of rotatable bonds is 3. The van der Waals surface area contributed by atoms with Crippen molar-refractivity contribution in [2.24, 2.45) is 0 Å². The summed E-state index contributed by atoms with van der Waals surface area (Å²) in [6.07, 6.45) is 0.698. The lowest BCUT2D eigenvalue weighted by molar-refractivity contribution is 0.00578. The maximum Gasteiger partial charge on any atom is 0.463 e. The molecule has 0 aliphatic carbocycles. The molecule has 3 atom stereocenters. The molecule has 158 valence electrons. The second kappa shape index (κ2) is 6.42. The zero-order valence-electron chi connectivity index (χ0n) is 18.1. The highest BCUT2D eigenvalue weighted by molar-refractivity contribution is 7.89. The summed E-state index contributed by atoms with van der Waals surface area (Å²) in [5, 5.41) is 0. The lowest BCUT2D eigenvalue weighted by Crippen LogP contribution is -2.41. The van der Waals surface area contributed by atoms with Gasteiger partial charge in [0.25, 0.3) is 0 Å². The number of hydrogen-bond donors (Lipinski definition) is 0. The van der Waals surface area contributed by atoms with E-state index in [0.717, 1.165) is 16.7 Å². The van der Waals surface area contributed by atoms with Crippen molar-refractivity contribution < 1.29 is 17.7 Å². The van der Waals surface area contributed by atoms with Crippen LogP contribution in [0.1, 0.15) is 62.9 Å². The van der Waals surface area contributed by atoms with E-state index in [0.29, 0.717) is 11.3 Å². The molecule has 0 spiro atoms. The summed E-state index contributed by atoms with van der Waals surface area (Å²) >= 11 is 0. The van der Waals surface area contributed by atoms with E-state index >= 15 is 0 Å². The standard InChI is InChI=1S/C23H28BNO4S/c1-15-10-12-16(13-11-15)30(26,27)25-20-14-19(21(25)18-9-7-6-8-17(18)20)24-28-22(2,3)23(4,5)29-24/h6-13,19-21H,14H2,1-5H3/t19-,20+,21+/m0/s1. The maximum atomic E-state index is 13.7. The van der Waals surface area contributed by atoms with Gasteiger partial charge in [-0.2, -0.15) is 4.31 Å². The molecular weight excluding hydrogens is 397 g/mol. The van der Waals surface area contributed by atoms with Crippen LogP contribution in [0.25, 0.3) is 0 Å². The van der Waals surface area contributed by atoms with Gasteiger partial charge in [0.05, 0.1) is 28.2 Å². The fourth-order valence-electron chi connectivity index (χ4n) is 5.06. The van der Waals surface area contributed by atoms with Crippen LogP contribution in [-0.4, -0.2) is 31.0 Å². The highest BCUT2D eigenvalue weighted by Gasteiger charge is 2.63. The predicted octanol–water partition coefficient (Wildman–Crippen LogP) is 4.65. The maximum absolute atomic E-state index is 13.7. The van der Waals surface area contributed by atoms with Gasteiger partial charge in [-0.25, -0.2) is 8.42 Å². The summed E-state index contributed by atoms with van der Waals surface area (Å²) in [7, 11) is -4.09. The molecule has 2 aromatic carbocycles. The average molecular weight is 425 g/mol. The number of benzene rings is 2. The van der Waals surface area contributed by atoms with Crippen molar-refractivity contribution in [2.75, 3.05) is 0 Å². The first-order valence-corrected chi connectivity index (χ1v) is 12.0. The van der Waals surface area contributed by atoms with E-state index in [2.05, 4.69) is 12.1 Å². The van der Waals surface area contributed by atoms with E-state index in [4.69, 9.17) is 9.31 Å². The summed E-state index contributed by atoms with van der Waals surface area (Å²) in [5.41, 5.74) is 2.33. The van der Waals surface area contributed by atoms with Gasteiger partial charge in [-0.15, -0.1) is 0 Å². The molecule has 0 unspecified atom stereocenters. The zero-order chi connectivity index (χ0) is 21.5. The third kappa shape index (κ3) is 2.75. The number of fused-ring (bicyclic) bond motifs is 5. The Labute approximate surface area is 179 Å². The van der Waals surface area contributed by atoms with Crippen LogP contribution in [-0.2, 0) is 19.3 Å². The molecule has 2 fully saturated rings. The second-order valence-corrected chi connectivity index (χ2v) is 11.6. The van der Waals surface area contributed by atoms with E-state index < -0.39 is 28.3 Å². The molecule has 2 saturated heterocycles. The fourth-order valence-corrected chi connectivity index (χ4v) is 6.89. The Morgan fingerprint density at radius 1 is 0.933 bits per heavy atom. The van der Waals surface area contributed by atoms with Crippen LogP contribution in [0.3, 0.4) is 0 Å². The Bertz CT molecular complexity index is 1080. The Kier molecular flexibility index (Phi) is 4.33. The normalized spacial score (nSPS) is 29.4. The quantitative estimate of drug-likeness (QED) is 0.672. The molecule has 0 N–H and O–H groups in total. The van der Waals surface area contributed by atoms with E-state index in [-0.39, 0.29) is 17.9 Å². The van der Waals surface area contributed by atoms with Gasteiger partial charge >= 0.3 is 7.12 Å². The molecule has 7 heteroatoms. The molecular formula is C23H28BNO4S. The minimum absolute atomic E-state index is 0.0498. The first-order chi connectivity index (χ1) is 14.0. The van der Waals surface area contributed by atoms with E-state index in [9.17, 15) is 8.42 Å². The van der Waals surface area contributed by atoms with Gasteiger partial charge in [-0.1, -0.05) is 42.0 Å². The Morgan fingerprint density at radius 3 is 2.10 bits per heavy atom. The van der Waals surface area contributed by atoms with Gasteiger partial charge < -0.3 is 9.31 Å². The lowest BCUT2D eigenvalue weighted by atomic mass is 9.63. The summed E-state index contributed by atoms with van der Waals surface area (Å²) in [4.78, 5) is 0.338. The zero-order valence-corrected chi connectivity index (χ0v) is 18.9. The highest BCUT2D eigenvalue weighted by atomic mass is 32.2. The van der Waals surface area contributed by atoms with Crippen LogP contribution in [0.15, 0.2) is 53.4 Å². The highest BCUT2D eigenvalue weighted by Crippen LogP contribution is 2.63. The monoisotopic (exact) mass is 425 g/mol. The third-order valence-electron chi connectivity index (χ3n) is 7.37. The van der Waals surface area contributed by atoms with Gasteiger partial charge in [0.2, 0.25) is 10.0 Å². The summed E-state index contributed by atoms with van der Waals surface area (Å²) in [6.45, 7) is 10.1. The SMILES string of the molecule is Cc1ccc(S(=O)(=O)N2[C@@H]3C[C@H](B4OC(C)(C)C(C)(C)O4)[C@H]2c2ccccc23)cc1. The molecule has 5 rings (SSSR count). The van der Waals surface area contributed by atoms with Crippen LogP contribution in [0.2, 0.25) is 5.82 Å². The lowest BCUT2D eigenvalue weighted by Gasteiger charge is -2.32. The summed E-state index contributed by atoms with van der Waals surface area (Å²) in [6, 6.07) is 14.7. The van der Waals surface area contributed by atoms with Gasteiger partial charge in [0.1, 0.15) is 0 Å². The van der Waals surface area contributed by atoms with Crippen LogP contribution in [0.4, 0.5) is 0 Å². The van der Waals surface area contributed by atoms with Crippen LogP contribution >= 0.6 is 0 Å². The van der Waals surface area contributed by atoms with Crippen LogP contribution < -0.4 is 0 Å². The summed E-state index contributed by atoms with van der Waals surface area (Å²) < 4.78 is 41.9. The molecule has 3 heterocycles. The number of hydrogen-bond acceptors (Lipinski definition) is 4. The molecule has 2 bridgehead atoms. The van der Waals surface area contributed by atoms with Crippen molar-refractivity contribution in [2.45, 2.75) is 75.0 Å². The minimum atomic E-state index is -3.66. The molecule has 3 aliphatic rings. The minimum Gasteiger partial charge on any atom is -0.403 e. The second-order valence-electron chi connectivity index (χ2n) is 9.76. The Hall–Kier alpha value is -1.67. The van der Waals surface area contributed by atoms with Gasteiger partial charge in [0, 0.05) is 5.82 Å². The van der Waals surface area contributed by atoms with E-state index in [1.165, 1.54) is 0 Å². The third-order valence-corrected chi connectivity index (χ3v) is 9.28. The van der Waals surface area contributed by atoms with Crippen molar-refractivity contribution in [3.8, 4) is 0 Å². The first kappa shape index (κ1) is 20.2. The number of sulfonamides is 1. The van der Waals surface area contributed by atoms with Gasteiger partial charge in [0.15, 0.2) is 0 Å². The molecule has 30 heavy (non-hydrogen) atoms. The molecule has 0 aromatic heterocycles. The van der Waals surface area contributed by atoms with Crippen molar-refractivity contribution in [1.29, 1.82) is 0 Å². The molecule has 0 amide bonds. The van der Waals surface area contributed by atoms with Crippen LogP contribution in [0.5, 0.6) is 0 Å². The average Bonchev–Trinajstić information content (AvgIpc) is 3.29. The first-order valence-electron chi connectivity index (χ1n) is 10.6. The molecule has 0 radical (unpaired) electrons. The molecule has 2 aromatic rings. The van der Waals surface area contributed by atoms with Gasteiger partial charge in [-0.3, -0.25) is 0 Å². The predicted molar refractivity (Wildman–Crippen MR) is 117 cm³/mol. The van der Waals surface area contributed by atoms with Crippen molar-refractivity contribution in [3.05, 3.63) is 65.2 Å². The molecule has 3 aliphatic heterocycles. The van der Waals surface area contributed by atoms with Crippen LogP contribution in [0, 0.1) is 6.92 Å². The summed E-state index contributed by atoms with van der Waals surface area (Å²) in [5.74, 6) is -0.0498. The van der Waals surface area contributed by atoms with Crippen molar-refractivity contribution >= 4 is 17.1 Å². The topological polar surface area (TPSA) is 55.8 Å². The van der Waals surface area contributed by atoms with E-state index in [1.54, 1.807) is 16.4 Å². The fraction of sp³-hybridized carbons (Fsp3) is 0.478. The van der Waals surface area contributed by atoms with E-state index in [1.807, 2.05) is 58.9 Å².